The molecule has 0 saturated carbocycles. The van der Waals surface area contributed by atoms with Gasteiger partial charge in [-0.25, -0.2) is 0 Å². The predicted octanol–water partition coefficient (Wildman–Crippen LogP) is 3.19. The van der Waals surface area contributed by atoms with E-state index >= 15 is 0 Å². The summed E-state index contributed by atoms with van der Waals surface area (Å²) in [7, 11) is 0. The van der Waals surface area contributed by atoms with Crippen LogP contribution in [0.5, 0.6) is 0 Å². The van der Waals surface area contributed by atoms with Gasteiger partial charge >= 0.3 is 0 Å². The first-order valence-corrected chi connectivity index (χ1v) is 7.54. The maximum atomic E-state index is 12.0. The van der Waals surface area contributed by atoms with E-state index in [0.29, 0.717) is 17.4 Å². The van der Waals surface area contributed by atoms with Crippen LogP contribution in [0.3, 0.4) is 0 Å². The monoisotopic (exact) mass is 345 g/mol. The zero-order valence-electron chi connectivity index (χ0n) is 10.8. The molecule has 104 valence electrons. The highest BCUT2D eigenvalue weighted by Crippen LogP contribution is 2.22. The Morgan fingerprint density at radius 2 is 2.42 bits per heavy atom. The number of rotatable bonds is 4. The summed E-state index contributed by atoms with van der Waals surface area (Å²) < 4.78 is 6.24. The van der Waals surface area contributed by atoms with Gasteiger partial charge in [0.1, 0.15) is 0 Å². The number of ether oxygens (including phenoxy) is 1. The molecule has 19 heavy (non-hydrogen) atoms. The van der Waals surface area contributed by atoms with Crippen LogP contribution in [-0.2, 0) is 16.0 Å². The van der Waals surface area contributed by atoms with Gasteiger partial charge in [-0.05, 0) is 37.1 Å². The Balaban J connectivity index is 1.91. The van der Waals surface area contributed by atoms with Crippen LogP contribution in [0, 0.1) is 5.92 Å². The maximum absolute atomic E-state index is 12.0. The van der Waals surface area contributed by atoms with Crippen LogP contribution in [0.4, 0.5) is 0 Å². The molecule has 5 heteroatoms. The number of benzene rings is 1. The number of hydrogen-bond acceptors (Lipinski definition) is 2. The first-order valence-electron chi connectivity index (χ1n) is 6.37. The van der Waals surface area contributed by atoms with E-state index in [-0.39, 0.29) is 11.9 Å². The van der Waals surface area contributed by atoms with Gasteiger partial charge in [0.15, 0.2) is 0 Å². The van der Waals surface area contributed by atoms with Gasteiger partial charge in [0.25, 0.3) is 0 Å². The highest BCUT2D eigenvalue weighted by Gasteiger charge is 2.23. The molecule has 1 amide bonds. The second-order valence-electron chi connectivity index (χ2n) is 4.89. The van der Waals surface area contributed by atoms with Gasteiger partial charge in [-0.15, -0.1) is 0 Å². The summed E-state index contributed by atoms with van der Waals surface area (Å²) in [6.07, 6.45) is 1.35. The van der Waals surface area contributed by atoms with E-state index in [2.05, 4.69) is 21.2 Å². The van der Waals surface area contributed by atoms with E-state index < -0.39 is 0 Å². The second kappa shape index (κ2) is 6.73. The lowest BCUT2D eigenvalue weighted by atomic mass is 10.0. The highest BCUT2D eigenvalue weighted by atomic mass is 79.9. The van der Waals surface area contributed by atoms with Gasteiger partial charge in [-0.1, -0.05) is 27.5 Å². The summed E-state index contributed by atoms with van der Waals surface area (Å²) in [6.45, 7) is 3.57. The topological polar surface area (TPSA) is 38.3 Å². The lowest BCUT2D eigenvalue weighted by molar-refractivity contribution is -0.121. The zero-order valence-corrected chi connectivity index (χ0v) is 13.1. The molecule has 1 heterocycles. The fraction of sp³-hybridized carbons (Fsp3) is 0.500. The maximum Gasteiger partial charge on any atom is 0.224 e. The van der Waals surface area contributed by atoms with Crippen LogP contribution >= 0.6 is 27.5 Å². The number of hydrogen-bond donors (Lipinski definition) is 1. The van der Waals surface area contributed by atoms with Gasteiger partial charge in [-0.3, -0.25) is 4.79 Å². The summed E-state index contributed by atoms with van der Waals surface area (Å²) in [6, 6.07) is 5.62. The lowest BCUT2D eigenvalue weighted by Crippen LogP contribution is -2.39. The Bertz CT molecular complexity index is 461. The fourth-order valence-corrected chi connectivity index (χ4v) is 2.80. The van der Waals surface area contributed by atoms with Crippen molar-refractivity contribution in [3.63, 3.8) is 0 Å². The molecule has 1 saturated heterocycles. The molecule has 2 atom stereocenters. The van der Waals surface area contributed by atoms with Crippen molar-refractivity contribution in [3.8, 4) is 0 Å². The summed E-state index contributed by atoms with van der Waals surface area (Å²) >= 11 is 9.37. The third kappa shape index (κ3) is 4.20. The van der Waals surface area contributed by atoms with Gasteiger partial charge < -0.3 is 10.1 Å². The van der Waals surface area contributed by atoms with Crippen molar-refractivity contribution in [3.05, 3.63) is 33.3 Å². The quantitative estimate of drug-likeness (QED) is 0.909. The van der Waals surface area contributed by atoms with Crippen molar-refractivity contribution in [1.82, 2.24) is 5.32 Å². The van der Waals surface area contributed by atoms with Gasteiger partial charge in [0.2, 0.25) is 5.91 Å². The van der Waals surface area contributed by atoms with Crippen LogP contribution in [0.15, 0.2) is 22.7 Å². The minimum atomic E-state index is 0.0161. The van der Waals surface area contributed by atoms with E-state index in [1.165, 1.54) is 0 Å². The first-order chi connectivity index (χ1) is 9.06. The zero-order chi connectivity index (χ0) is 13.8. The Kier molecular flexibility index (Phi) is 5.25. The molecule has 0 radical (unpaired) electrons. The molecule has 1 aliphatic heterocycles. The van der Waals surface area contributed by atoms with Crippen molar-refractivity contribution in [1.29, 1.82) is 0 Å². The smallest absolute Gasteiger partial charge is 0.224 e. The van der Waals surface area contributed by atoms with Crippen LogP contribution in [-0.4, -0.2) is 25.2 Å². The Hall–Kier alpha value is -0.580. The lowest BCUT2D eigenvalue weighted by Gasteiger charge is -2.19. The standard InChI is InChI=1S/C14H17BrClNO2/c1-9(10-4-5-19-8-10)17-14(18)7-11-6-12(16)2-3-13(11)15/h2-3,6,9-10H,4-5,7-8H2,1H3,(H,17,18)/t9-,10+/m1/s1. The van der Waals surface area contributed by atoms with Crippen molar-refractivity contribution in [2.75, 3.05) is 13.2 Å². The van der Waals surface area contributed by atoms with Crippen molar-refractivity contribution < 1.29 is 9.53 Å². The molecule has 0 unspecified atom stereocenters. The molecular formula is C14H17BrClNO2. The number of carbonyl (C=O) groups excluding carboxylic acids is 1. The Morgan fingerprint density at radius 3 is 3.11 bits per heavy atom. The molecule has 0 spiro atoms. The summed E-state index contributed by atoms with van der Waals surface area (Å²) in [5.41, 5.74) is 0.903. The van der Waals surface area contributed by atoms with Crippen LogP contribution in [0.1, 0.15) is 18.9 Å². The largest absolute Gasteiger partial charge is 0.381 e. The summed E-state index contributed by atoms with van der Waals surface area (Å²) in [4.78, 5) is 12.0. The van der Waals surface area contributed by atoms with Crippen LogP contribution in [0.2, 0.25) is 5.02 Å². The minimum Gasteiger partial charge on any atom is -0.381 e. The van der Waals surface area contributed by atoms with Crippen LogP contribution in [0.25, 0.3) is 0 Å². The minimum absolute atomic E-state index is 0.0161. The summed E-state index contributed by atoms with van der Waals surface area (Å²) in [5.74, 6) is 0.439. The first kappa shape index (κ1) is 14.8. The average molecular weight is 347 g/mol. The number of amides is 1. The van der Waals surface area contributed by atoms with E-state index in [1.807, 2.05) is 19.1 Å². The Morgan fingerprint density at radius 1 is 1.63 bits per heavy atom. The van der Waals surface area contributed by atoms with Gasteiger partial charge in [0, 0.05) is 28.1 Å². The Labute approximate surface area is 126 Å². The molecular weight excluding hydrogens is 330 g/mol. The van der Waals surface area contributed by atoms with E-state index in [0.717, 1.165) is 29.7 Å². The fourth-order valence-electron chi connectivity index (χ4n) is 2.22. The SMILES string of the molecule is C[C@@H](NC(=O)Cc1cc(Cl)ccc1Br)[C@H]1CCOC1. The number of carbonyl (C=O) groups is 1. The highest BCUT2D eigenvalue weighted by molar-refractivity contribution is 9.10. The van der Waals surface area contributed by atoms with E-state index in [9.17, 15) is 4.79 Å². The van der Waals surface area contributed by atoms with Crippen molar-refractivity contribution in [2.24, 2.45) is 5.92 Å². The summed E-state index contributed by atoms with van der Waals surface area (Å²) in [5, 5.41) is 3.68. The molecule has 1 aromatic carbocycles. The molecule has 3 nitrogen and oxygen atoms in total. The normalized spacial score (nSPS) is 20.3. The molecule has 0 aliphatic carbocycles. The average Bonchev–Trinajstić information content (AvgIpc) is 2.87. The molecule has 1 N–H and O–H groups in total. The van der Waals surface area contributed by atoms with E-state index in [1.54, 1.807) is 6.07 Å². The predicted molar refractivity (Wildman–Crippen MR) is 79.4 cm³/mol. The van der Waals surface area contributed by atoms with Crippen LogP contribution < -0.4 is 5.32 Å². The third-order valence-electron chi connectivity index (χ3n) is 3.42. The number of halogens is 2. The second-order valence-corrected chi connectivity index (χ2v) is 6.18. The molecule has 0 bridgehead atoms. The number of nitrogens with one attached hydrogen (secondary N) is 1. The van der Waals surface area contributed by atoms with Crippen molar-refractivity contribution >= 4 is 33.4 Å². The molecule has 0 aromatic heterocycles. The van der Waals surface area contributed by atoms with Gasteiger partial charge in [-0.2, -0.15) is 0 Å². The van der Waals surface area contributed by atoms with Gasteiger partial charge in [0.05, 0.1) is 13.0 Å². The van der Waals surface area contributed by atoms with Crippen molar-refractivity contribution in [2.45, 2.75) is 25.8 Å². The molecule has 1 aliphatic rings. The molecule has 1 aromatic rings. The molecule has 1 fully saturated rings. The van der Waals surface area contributed by atoms with E-state index in [4.69, 9.17) is 16.3 Å². The third-order valence-corrected chi connectivity index (χ3v) is 4.43. The molecule has 2 rings (SSSR count).